The van der Waals surface area contributed by atoms with Gasteiger partial charge in [-0.2, -0.15) is 5.10 Å². The van der Waals surface area contributed by atoms with Gasteiger partial charge in [0, 0.05) is 64.5 Å². The number of amides is 1. The molecule has 4 aromatic carbocycles. The molecular formula is C31H24ClN5O5. The molecule has 0 atom stereocenters. The second-order valence-electron chi connectivity index (χ2n) is 9.41. The molecule has 0 fully saturated rings. The number of nitrogens with zero attached hydrogens (tertiary/aromatic N) is 3. The van der Waals surface area contributed by atoms with Gasteiger partial charge < -0.3 is 14.6 Å². The highest BCUT2D eigenvalue weighted by Crippen LogP contribution is 2.38. The number of ether oxygens (including phenoxy) is 1. The van der Waals surface area contributed by atoms with E-state index in [9.17, 15) is 19.7 Å². The number of rotatable bonds is 8. The number of hydrogen-bond donors (Lipinski definition) is 2. The number of fused-ring (bicyclic) bond motifs is 1. The third kappa shape index (κ3) is 5.84. The maximum Gasteiger partial charge on any atom is 0.343 e. The molecule has 10 nitrogen and oxygen atoms in total. The SMILES string of the molecule is CN(C)c1ccc2[nH]c(C(=O)NN=Cc3ccccc3OC(=O)c3ccc([N+](=O)[O-])cc3)c(-c3ccccc3Cl)c2c1. The standard InChI is InChI=1S/C31H24ClN5O5/c1-36(2)22-15-16-26-24(17-22)28(23-8-4-5-9-25(23)32)29(34-26)30(38)35-33-18-20-7-3-6-10-27(20)42-31(39)19-11-13-21(14-12-19)37(40)41/h3-18,34H,1-2H3,(H,35,38). The van der Waals surface area contributed by atoms with Crippen LogP contribution in [0.15, 0.2) is 96.1 Å². The Morgan fingerprint density at radius 1 is 1.00 bits per heavy atom. The lowest BCUT2D eigenvalue weighted by Crippen LogP contribution is -2.19. The molecule has 0 aliphatic rings. The minimum atomic E-state index is -0.700. The topological polar surface area (TPSA) is 130 Å². The molecule has 1 amide bonds. The van der Waals surface area contributed by atoms with Gasteiger partial charge in [-0.1, -0.05) is 41.9 Å². The summed E-state index contributed by atoms with van der Waals surface area (Å²) >= 11 is 6.55. The van der Waals surface area contributed by atoms with Crippen LogP contribution in [-0.2, 0) is 0 Å². The van der Waals surface area contributed by atoms with Crippen molar-refractivity contribution in [2.24, 2.45) is 5.10 Å². The van der Waals surface area contributed by atoms with Crippen LogP contribution in [0, 0.1) is 10.1 Å². The highest BCUT2D eigenvalue weighted by atomic mass is 35.5. The Balaban J connectivity index is 1.40. The Morgan fingerprint density at radius 3 is 2.43 bits per heavy atom. The van der Waals surface area contributed by atoms with E-state index in [4.69, 9.17) is 16.3 Å². The zero-order valence-electron chi connectivity index (χ0n) is 22.5. The summed E-state index contributed by atoms with van der Waals surface area (Å²) in [4.78, 5) is 41.5. The fourth-order valence-corrected chi connectivity index (χ4v) is 4.58. The van der Waals surface area contributed by atoms with E-state index in [1.54, 1.807) is 30.3 Å². The zero-order valence-corrected chi connectivity index (χ0v) is 23.3. The summed E-state index contributed by atoms with van der Waals surface area (Å²) < 4.78 is 5.50. The Morgan fingerprint density at radius 2 is 1.71 bits per heavy atom. The number of carbonyl (C=O) groups is 2. The Hall–Kier alpha value is -5.48. The highest BCUT2D eigenvalue weighted by Gasteiger charge is 2.21. The Kier molecular flexibility index (Phi) is 7.98. The molecule has 0 unspecified atom stereocenters. The van der Waals surface area contributed by atoms with E-state index < -0.39 is 16.8 Å². The average molecular weight is 582 g/mol. The Labute approximate surface area is 245 Å². The van der Waals surface area contributed by atoms with Gasteiger partial charge in [-0.05, 0) is 48.5 Å². The second-order valence-corrected chi connectivity index (χ2v) is 9.82. The normalized spacial score (nSPS) is 11.0. The van der Waals surface area contributed by atoms with Crippen LogP contribution < -0.4 is 15.1 Å². The molecule has 5 aromatic rings. The lowest BCUT2D eigenvalue weighted by atomic mass is 10.0. The minimum absolute atomic E-state index is 0.138. The van der Waals surface area contributed by atoms with Crippen molar-refractivity contribution in [2.75, 3.05) is 19.0 Å². The van der Waals surface area contributed by atoms with Crippen molar-refractivity contribution in [2.45, 2.75) is 0 Å². The molecule has 2 N–H and O–H groups in total. The predicted octanol–water partition coefficient (Wildman–Crippen LogP) is 6.45. The zero-order chi connectivity index (χ0) is 29.8. The minimum Gasteiger partial charge on any atom is -0.422 e. The molecule has 210 valence electrons. The van der Waals surface area contributed by atoms with Gasteiger partial charge in [-0.25, -0.2) is 10.2 Å². The average Bonchev–Trinajstić information content (AvgIpc) is 3.37. The first kappa shape index (κ1) is 28.1. The van der Waals surface area contributed by atoms with Crippen molar-refractivity contribution in [3.63, 3.8) is 0 Å². The van der Waals surface area contributed by atoms with E-state index in [-0.39, 0.29) is 22.7 Å². The number of nitrogens with one attached hydrogen (secondary N) is 2. The molecule has 0 saturated carbocycles. The van der Waals surface area contributed by atoms with Gasteiger partial charge in [0.15, 0.2) is 0 Å². The van der Waals surface area contributed by atoms with Crippen LogP contribution >= 0.6 is 11.6 Å². The molecule has 0 aliphatic carbocycles. The number of H-pyrrole nitrogens is 1. The van der Waals surface area contributed by atoms with Gasteiger partial charge in [-0.3, -0.25) is 14.9 Å². The predicted molar refractivity (Wildman–Crippen MR) is 163 cm³/mol. The van der Waals surface area contributed by atoms with E-state index >= 15 is 0 Å². The second kappa shape index (κ2) is 11.9. The van der Waals surface area contributed by atoms with Gasteiger partial charge in [0.2, 0.25) is 0 Å². The van der Waals surface area contributed by atoms with Crippen molar-refractivity contribution in [1.29, 1.82) is 0 Å². The number of non-ortho nitro benzene ring substituents is 1. The van der Waals surface area contributed by atoms with Crippen LogP contribution in [0.4, 0.5) is 11.4 Å². The van der Waals surface area contributed by atoms with Crippen LogP contribution in [0.1, 0.15) is 26.4 Å². The fourth-order valence-electron chi connectivity index (χ4n) is 4.35. The van der Waals surface area contributed by atoms with Gasteiger partial charge in [0.25, 0.3) is 11.6 Å². The van der Waals surface area contributed by atoms with Crippen molar-refractivity contribution in [3.8, 4) is 16.9 Å². The molecule has 0 bridgehead atoms. The number of esters is 1. The van der Waals surface area contributed by atoms with Crippen molar-refractivity contribution >= 4 is 52.0 Å². The monoisotopic (exact) mass is 581 g/mol. The van der Waals surface area contributed by atoms with Gasteiger partial charge in [-0.15, -0.1) is 0 Å². The summed E-state index contributed by atoms with van der Waals surface area (Å²) in [5.41, 5.74) is 6.31. The van der Waals surface area contributed by atoms with E-state index in [1.807, 2.05) is 55.4 Å². The Bertz CT molecular complexity index is 1850. The molecule has 1 heterocycles. The first-order valence-electron chi connectivity index (χ1n) is 12.7. The van der Waals surface area contributed by atoms with Crippen molar-refractivity contribution in [1.82, 2.24) is 10.4 Å². The molecule has 0 spiro atoms. The molecule has 0 radical (unpaired) electrons. The number of hydrazone groups is 1. The van der Waals surface area contributed by atoms with Crippen LogP contribution in [0.5, 0.6) is 5.75 Å². The van der Waals surface area contributed by atoms with Crippen molar-refractivity contribution in [3.05, 3.63) is 123 Å². The molecule has 0 saturated heterocycles. The maximum absolute atomic E-state index is 13.4. The third-order valence-electron chi connectivity index (χ3n) is 6.47. The van der Waals surface area contributed by atoms with Crippen LogP contribution in [0.3, 0.4) is 0 Å². The third-order valence-corrected chi connectivity index (χ3v) is 6.80. The number of anilines is 1. The summed E-state index contributed by atoms with van der Waals surface area (Å²) in [6, 6.07) is 24.8. The number of aromatic nitrogens is 1. The van der Waals surface area contributed by atoms with E-state index in [1.165, 1.54) is 30.5 Å². The summed E-state index contributed by atoms with van der Waals surface area (Å²) in [6.07, 6.45) is 1.36. The van der Waals surface area contributed by atoms with Crippen LogP contribution in [0.25, 0.3) is 22.0 Å². The molecule has 0 aliphatic heterocycles. The summed E-state index contributed by atoms with van der Waals surface area (Å²) in [5, 5.41) is 16.3. The van der Waals surface area contributed by atoms with E-state index in [0.29, 0.717) is 21.7 Å². The fraction of sp³-hybridized carbons (Fsp3) is 0.0645. The highest BCUT2D eigenvalue weighted by molar-refractivity contribution is 6.34. The number of nitro groups is 1. The molecule has 42 heavy (non-hydrogen) atoms. The lowest BCUT2D eigenvalue weighted by Gasteiger charge is -2.13. The molecule has 11 heteroatoms. The summed E-state index contributed by atoms with van der Waals surface area (Å²) in [7, 11) is 3.87. The van der Waals surface area contributed by atoms with E-state index in [2.05, 4.69) is 15.5 Å². The molecule has 1 aromatic heterocycles. The van der Waals surface area contributed by atoms with Crippen LogP contribution in [0.2, 0.25) is 5.02 Å². The quantitative estimate of drug-likeness (QED) is 0.0712. The van der Waals surface area contributed by atoms with E-state index in [0.717, 1.165) is 16.6 Å². The number of para-hydroxylation sites is 1. The van der Waals surface area contributed by atoms with Crippen LogP contribution in [-0.4, -0.2) is 42.1 Å². The van der Waals surface area contributed by atoms with Gasteiger partial charge >= 0.3 is 5.97 Å². The van der Waals surface area contributed by atoms with Gasteiger partial charge in [0.05, 0.1) is 16.7 Å². The number of nitro benzene ring substituents is 1. The number of carbonyl (C=O) groups excluding carboxylic acids is 2. The molecule has 5 rings (SSSR count). The number of hydrogen-bond acceptors (Lipinski definition) is 7. The smallest absolute Gasteiger partial charge is 0.343 e. The van der Waals surface area contributed by atoms with Gasteiger partial charge in [0.1, 0.15) is 11.4 Å². The largest absolute Gasteiger partial charge is 0.422 e. The lowest BCUT2D eigenvalue weighted by molar-refractivity contribution is -0.384. The van der Waals surface area contributed by atoms with Crippen molar-refractivity contribution < 1.29 is 19.2 Å². The number of aromatic amines is 1. The first-order valence-corrected chi connectivity index (χ1v) is 13.1. The number of benzene rings is 4. The summed E-state index contributed by atoms with van der Waals surface area (Å²) in [6.45, 7) is 0. The first-order chi connectivity index (χ1) is 20.2. The maximum atomic E-state index is 13.4. The molecular weight excluding hydrogens is 558 g/mol. The summed E-state index contributed by atoms with van der Waals surface area (Å²) in [5.74, 6) is -1.00. The number of halogens is 1.